The first-order chi connectivity index (χ1) is 53.6. The number of aliphatic imine (C=N–C) groups is 1. The number of guanidine groups is 1. The number of carbonyl (C=O) groups is 14. The SMILES string of the molecule is CC(C)(C)OC(=O)N[C@@H](CC(=O)OCc1ccccc1)C(=O)O.CC(C)(C)OC(=O)N[C@@H](CC(N)=O)C(=O)O.CC(C)(C)OC(=O)N[C@@H](CCCN=C(N)N)C(=O)O.CC(C)(C)OC(=O)N[C@@H](COCc1ccccc1)C(=O)O.CSCC[C@@H](NC(=O)OC(C)(C)C)C(=O)O.C[C@@H](OCc1ccccc1)[C@H](NC(=O)OC(C)(C)C)C(=O)O. The average molecular weight is 1680 g/mol. The van der Waals surface area contributed by atoms with Gasteiger partial charge in [-0.05, 0) is 180 Å². The predicted octanol–water partition coefficient (Wildman–Crippen LogP) is 8.42. The van der Waals surface area contributed by atoms with Crippen LogP contribution >= 0.6 is 11.8 Å². The maximum Gasteiger partial charge on any atom is 0.408 e. The molecule has 0 saturated heterocycles. The highest BCUT2D eigenvalue weighted by Crippen LogP contribution is 2.15. The molecule has 0 aliphatic carbocycles. The van der Waals surface area contributed by atoms with Crippen LogP contribution in [0.1, 0.15) is 180 Å². The molecule has 40 heteroatoms. The molecule has 0 unspecified atom stereocenters. The fraction of sp³-hybridized carbons (Fsp3) is 0.571. The van der Waals surface area contributed by atoms with Crippen LogP contribution in [0.2, 0.25) is 0 Å². The number of primary amides is 1. The molecule has 0 aliphatic heterocycles. The van der Waals surface area contributed by atoms with E-state index in [2.05, 4.69) is 31.6 Å². The number of ether oxygens (including phenoxy) is 9. The number of nitrogens with two attached hydrogens (primary N) is 3. The number of thioether (sulfide) groups is 1. The number of nitrogens with zero attached hydrogens (tertiary/aromatic N) is 1. The van der Waals surface area contributed by atoms with Gasteiger partial charge in [-0.3, -0.25) is 14.6 Å². The van der Waals surface area contributed by atoms with Gasteiger partial charge in [-0.15, -0.1) is 0 Å². The molecule has 117 heavy (non-hydrogen) atoms. The lowest BCUT2D eigenvalue weighted by Gasteiger charge is -2.25. The van der Waals surface area contributed by atoms with Crippen LogP contribution in [0.5, 0.6) is 0 Å². The average Bonchev–Trinajstić information content (AvgIpc) is 0.892. The van der Waals surface area contributed by atoms with Gasteiger partial charge in [0.05, 0.1) is 38.8 Å². The summed E-state index contributed by atoms with van der Waals surface area (Å²) in [5, 5.41) is 67.3. The molecule has 0 spiro atoms. The van der Waals surface area contributed by atoms with E-state index in [0.717, 1.165) is 16.7 Å². The summed E-state index contributed by atoms with van der Waals surface area (Å²) in [7, 11) is 0. The van der Waals surface area contributed by atoms with E-state index in [-0.39, 0.29) is 38.8 Å². The second kappa shape index (κ2) is 55.2. The maximum absolute atomic E-state index is 11.7. The van der Waals surface area contributed by atoms with E-state index in [1.807, 2.05) is 78.3 Å². The van der Waals surface area contributed by atoms with E-state index < -0.39 is 173 Å². The predicted molar refractivity (Wildman–Crippen MR) is 429 cm³/mol. The molecular weight excluding hydrogens is 1560 g/mol. The lowest BCUT2D eigenvalue weighted by Crippen LogP contribution is -2.50. The monoisotopic (exact) mass is 1680 g/mol. The molecule has 3 rings (SSSR count). The quantitative estimate of drug-likeness (QED) is 0.00894. The number of rotatable bonds is 33. The van der Waals surface area contributed by atoms with Crippen LogP contribution in [0.15, 0.2) is 96.0 Å². The van der Waals surface area contributed by atoms with Crippen molar-refractivity contribution in [3.8, 4) is 0 Å². The van der Waals surface area contributed by atoms with Gasteiger partial charge in [0.2, 0.25) is 5.91 Å². The second-order valence-electron chi connectivity index (χ2n) is 30.9. The van der Waals surface area contributed by atoms with Crippen molar-refractivity contribution in [1.29, 1.82) is 0 Å². The van der Waals surface area contributed by atoms with Crippen LogP contribution in [0.25, 0.3) is 0 Å². The van der Waals surface area contributed by atoms with Crippen molar-refractivity contribution in [2.75, 3.05) is 25.2 Å². The molecular formula is C77H122N10O29S. The van der Waals surface area contributed by atoms with Crippen molar-refractivity contribution < 1.29 is 140 Å². The fourth-order valence-electron chi connectivity index (χ4n) is 7.82. The number of carboxylic acids is 6. The highest BCUT2D eigenvalue weighted by atomic mass is 32.2. The van der Waals surface area contributed by atoms with Crippen molar-refractivity contribution in [1.82, 2.24) is 31.9 Å². The van der Waals surface area contributed by atoms with Gasteiger partial charge in [0.15, 0.2) is 18.0 Å². The minimum absolute atomic E-state index is 0.0401. The number of carbonyl (C=O) groups excluding carboxylic acids is 8. The second-order valence-corrected chi connectivity index (χ2v) is 31.9. The third-order valence-electron chi connectivity index (χ3n) is 12.7. The number of esters is 1. The lowest BCUT2D eigenvalue weighted by atomic mass is 10.1. The van der Waals surface area contributed by atoms with Crippen molar-refractivity contribution in [2.24, 2.45) is 22.2 Å². The number of benzene rings is 3. The first-order valence-corrected chi connectivity index (χ1v) is 37.7. The molecule has 7 atom stereocenters. The molecule has 18 N–H and O–H groups in total. The Labute approximate surface area is 685 Å². The lowest BCUT2D eigenvalue weighted by molar-refractivity contribution is -0.150. The largest absolute Gasteiger partial charge is 0.480 e. The van der Waals surface area contributed by atoms with E-state index in [4.69, 9.17) is 85.4 Å². The number of hydrogen-bond acceptors (Lipinski definition) is 25. The zero-order valence-corrected chi connectivity index (χ0v) is 71.0. The Balaban J connectivity index is -0.00000134. The molecule has 7 amide bonds. The number of hydrogen-bond donors (Lipinski definition) is 15. The molecule has 0 fully saturated rings. The van der Waals surface area contributed by atoms with Gasteiger partial charge in [0.25, 0.3) is 0 Å². The molecule has 0 aromatic heterocycles. The Hall–Kier alpha value is -11.4. The van der Waals surface area contributed by atoms with Crippen LogP contribution in [0.3, 0.4) is 0 Å². The Morgan fingerprint density at radius 3 is 1.00 bits per heavy atom. The zero-order chi connectivity index (χ0) is 90.8. The topological polar surface area (TPSA) is 606 Å². The summed E-state index contributed by atoms with van der Waals surface area (Å²) < 4.78 is 45.7. The molecule has 0 bridgehead atoms. The normalized spacial score (nSPS) is 12.8. The minimum atomic E-state index is -1.41. The van der Waals surface area contributed by atoms with Gasteiger partial charge >= 0.3 is 78.3 Å². The van der Waals surface area contributed by atoms with E-state index in [1.165, 1.54) is 11.8 Å². The molecule has 3 aromatic carbocycles. The van der Waals surface area contributed by atoms with Crippen molar-refractivity contribution >= 4 is 102 Å². The Morgan fingerprint density at radius 2 is 0.692 bits per heavy atom. The molecule has 0 saturated carbocycles. The molecule has 0 heterocycles. The number of aliphatic carboxylic acids is 6. The molecule has 39 nitrogen and oxygen atoms in total. The third kappa shape index (κ3) is 65.5. The molecule has 0 aliphatic rings. The van der Waals surface area contributed by atoms with Gasteiger partial charge in [0, 0.05) is 6.54 Å². The maximum atomic E-state index is 11.7. The van der Waals surface area contributed by atoms with Gasteiger partial charge < -0.3 is 122 Å². The van der Waals surface area contributed by atoms with Crippen LogP contribution in [-0.2, 0) is 101 Å². The summed E-state index contributed by atoms with van der Waals surface area (Å²) in [6.07, 6.45) is -3.57. The highest BCUT2D eigenvalue weighted by Gasteiger charge is 2.32. The Bertz CT molecular complexity index is 3590. The van der Waals surface area contributed by atoms with Gasteiger partial charge in [0.1, 0.15) is 64.4 Å². The minimum Gasteiger partial charge on any atom is -0.480 e. The fourth-order valence-corrected chi connectivity index (χ4v) is 8.30. The summed E-state index contributed by atoms with van der Waals surface area (Å²) in [6.45, 7) is 32.7. The van der Waals surface area contributed by atoms with Crippen LogP contribution < -0.4 is 49.1 Å². The number of amides is 7. The molecule has 660 valence electrons. The van der Waals surface area contributed by atoms with Crippen LogP contribution in [0, 0.1) is 0 Å². The van der Waals surface area contributed by atoms with Gasteiger partial charge in [-0.1, -0.05) is 91.0 Å². The summed E-state index contributed by atoms with van der Waals surface area (Å²) in [4.78, 5) is 161. The summed E-state index contributed by atoms with van der Waals surface area (Å²) in [5.41, 5.74) is 13.6. The zero-order valence-electron chi connectivity index (χ0n) is 70.1. The summed E-state index contributed by atoms with van der Waals surface area (Å²) >= 11 is 1.53. The Morgan fingerprint density at radius 1 is 0.393 bits per heavy atom. The van der Waals surface area contributed by atoms with Crippen molar-refractivity contribution in [2.45, 2.75) is 259 Å². The number of nitrogens with one attached hydrogen (secondary N) is 6. The van der Waals surface area contributed by atoms with Crippen molar-refractivity contribution in [3.63, 3.8) is 0 Å². The van der Waals surface area contributed by atoms with Crippen molar-refractivity contribution in [3.05, 3.63) is 108 Å². The van der Waals surface area contributed by atoms with Crippen LogP contribution in [-0.4, -0.2) is 222 Å². The van der Waals surface area contributed by atoms with E-state index in [9.17, 15) is 72.2 Å². The smallest absolute Gasteiger partial charge is 0.408 e. The molecule has 0 radical (unpaired) electrons. The number of alkyl carbamates (subject to hydrolysis) is 6. The summed E-state index contributed by atoms with van der Waals surface area (Å²) in [5.74, 6) is -8.12. The Kier molecular flexibility index (Phi) is 51.8. The first kappa shape index (κ1) is 110. The van der Waals surface area contributed by atoms with E-state index >= 15 is 0 Å². The highest BCUT2D eigenvalue weighted by molar-refractivity contribution is 7.98. The molecule has 3 aromatic rings. The van der Waals surface area contributed by atoms with E-state index in [0.29, 0.717) is 25.1 Å². The standard InChI is InChI=1S/C16H21NO6.C16H23NO5.C15H21NO5.C11H22N4O4.C10H19NO4S.C9H16N2O5/c1-16(2,3)23-15(21)17-12(14(19)20)9-13(18)22-10-11-7-5-4-6-8-11;1-11(21-10-12-8-6-5-7-9-12)13(14(18)19)17-15(20)22-16(2,3)4;1-15(2,3)21-14(19)16-12(13(17)18)10-20-9-11-7-5-4-6-8-11;1-11(2,3)19-10(18)15-7(8(16)17)5-4-6-14-9(12)13;1-10(2,3)15-9(14)11-7(8(12)13)5-6-16-4;1-9(2,3)16-8(15)11-5(7(13)14)4-6(10)12/h4-8,12H,9-10H2,1-3H3,(H,17,21)(H,19,20);5-9,11,13H,10H2,1-4H3,(H,17,20)(H,18,19);4-8,12H,9-10H2,1-3H3,(H,16,19)(H,17,18);7H,4-6H2,1-3H3,(H,15,18)(H,16,17)(H4,12,13,14);7H,5-6H2,1-4H3,(H,11,14)(H,12,13);5H,4H2,1-3H3,(H2,10,12)(H,11,15)(H,13,14)/t12-;11-,13+;12-;2*7-;5-/m010010/s1. The third-order valence-corrected chi connectivity index (χ3v) is 13.3. The van der Waals surface area contributed by atoms with Crippen LogP contribution in [0.4, 0.5) is 28.8 Å². The summed E-state index contributed by atoms with van der Waals surface area (Å²) in [6, 6.07) is 20.7. The van der Waals surface area contributed by atoms with Gasteiger partial charge in [-0.2, -0.15) is 11.8 Å². The van der Waals surface area contributed by atoms with E-state index in [1.54, 1.807) is 156 Å². The number of carboxylic acid groups (broad SMARTS) is 6. The first-order valence-electron chi connectivity index (χ1n) is 36.3. The van der Waals surface area contributed by atoms with Gasteiger partial charge in [-0.25, -0.2) is 57.5 Å².